The lowest BCUT2D eigenvalue weighted by molar-refractivity contribution is 0.101. The van der Waals surface area contributed by atoms with Crippen LogP contribution in [0.2, 0.25) is 5.02 Å². The topological polar surface area (TPSA) is 57.7 Å². The van der Waals surface area contributed by atoms with E-state index in [2.05, 4.69) is 6.58 Å². The van der Waals surface area contributed by atoms with Crippen molar-refractivity contribution < 1.29 is 17.6 Å². The van der Waals surface area contributed by atoms with Crippen LogP contribution in [0.3, 0.4) is 0 Å². The quantitative estimate of drug-likeness (QED) is 0.666. The summed E-state index contributed by atoms with van der Waals surface area (Å²) < 4.78 is 38.1. The summed E-state index contributed by atoms with van der Waals surface area (Å²) in [6, 6.07) is 9.08. The lowest BCUT2D eigenvalue weighted by Crippen LogP contribution is -2.45. The maximum Gasteiger partial charge on any atom is 0.175 e. The number of sulfone groups is 1. The zero-order valence-electron chi connectivity index (χ0n) is 16.3. The third-order valence-corrected chi connectivity index (χ3v) is 6.47. The van der Waals surface area contributed by atoms with Crippen molar-refractivity contribution in [3.05, 3.63) is 64.9 Å². The van der Waals surface area contributed by atoms with Gasteiger partial charge in [-0.1, -0.05) is 18.2 Å². The third kappa shape index (κ3) is 4.62. The highest BCUT2D eigenvalue weighted by Gasteiger charge is 2.23. The van der Waals surface area contributed by atoms with Crippen molar-refractivity contribution in [3.63, 3.8) is 0 Å². The number of carbonyl (C=O) groups is 1. The molecule has 1 aliphatic heterocycles. The predicted octanol–water partition coefficient (Wildman–Crippen LogP) is 3.88. The minimum atomic E-state index is -3.36. The van der Waals surface area contributed by atoms with E-state index in [0.29, 0.717) is 53.7 Å². The maximum atomic E-state index is 14.4. The fraction of sp³-hybridized carbons (Fsp3) is 0.286. The van der Waals surface area contributed by atoms with Crippen LogP contribution >= 0.6 is 11.6 Å². The molecular formula is C21H22ClFN2O3S. The normalized spacial score (nSPS) is 14.8. The smallest absolute Gasteiger partial charge is 0.175 e. The highest BCUT2D eigenvalue weighted by molar-refractivity contribution is 7.90. The van der Waals surface area contributed by atoms with E-state index in [1.54, 1.807) is 18.2 Å². The van der Waals surface area contributed by atoms with Gasteiger partial charge in [-0.2, -0.15) is 0 Å². The van der Waals surface area contributed by atoms with Crippen molar-refractivity contribution >= 4 is 38.6 Å². The second-order valence-corrected chi connectivity index (χ2v) is 9.48. The largest absolute Gasteiger partial charge is 0.368 e. The Kier molecular flexibility index (Phi) is 6.00. The molecule has 154 valence electrons. The van der Waals surface area contributed by atoms with Crippen LogP contribution in [0, 0.1) is 5.82 Å². The van der Waals surface area contributed by atoms with Crippen molar-refractivity contribution in [2.24, 2.45) is 0 Å². The van der Waals surface area contributed by atoms with Gasteiger partial charge < -0.3 is 9.80 Å². The minimum absolute atomic E-state index is 0.176. The van der Waals surface area contributed by atoms with Crippen molar-refractivity contribution in [2.45, 2.75) is 11.8 Å². The first-order valence-corrected chi connectivity index (χ1v) is 11.3. The number of Topliss-reactive ketones (excluding diaryl/α,β-unsaturated/α-hetero) is 1. The first-order chi connectivity index (χ1) is 13.6. The molecule has 1 heterocycles. The first kappa shape index (κ1) is 21.3. The van der Waals surface area contributed by atoms with Crippen molar-refractivity contribution in [3.8, 4) is 0 Å². The van der Waals surface area contributed by atoms with Gasteiger partial charge in [-0.25, -0.2) is 12.8 Å². The summed E-state index contributed by atoms with van der Waals surface area (Å²) in [5, 5.41) is 0.427. The molecule has 0 unspecified atom stereocenters. The van der Waals surface area contributed by atoms with Gasteiger partial charge in [-0.15, -0.1) is 0 Å². The molecule has 0 atom stereocenters. The van der Waals surface area contributed by atoms with Crippen LogP contribution in [0.15, 0.2) is 47.9 Å². The van der Waals surface area contributed by atoms with E-state index in [-0.39, 0.29) is 10.7 Å². The number of nitrogens with zero attached hydrogens (tertiary/aromatic N) is 2. The third-order valence-electron chi connectivity index (χ3n) is 5.03. The second-order valence-electron chi connectivity index (χ2n) is 7.06. The summed E-state index contributed by atoms with van der Waals surface area (Å²) in [7, 11) is -3.36. The van der Waals surface area contributed by atoms with Crippen LogP contribution < -0.4 is 4.90 Å². The number of ketones is 1. The van der Waals surface area contributed by atoms with Crippen molar-refractivity contribution in [1.82, 2.24) is 4.90 Å². The Morgan fingerprint density at radius 2 is 1.76 bits per heavy atom. The summed E-state index contributed by atoms with van der Waals surface area (Å²) in [4.78, 5) is 15.5. The number of anilines is 1. The van der Waals surface area contributed by atoms with E-state index < -0.39 is 15.7 Å². The van der Waals surface area contributed by atoms with Crippen LogP contribution in [0.1, 0.15) is 22.8 Å². The Hall–Kier alpha value is -2.38. The lowest BCUT2D eigenvalue weighted by Gasteiger charge is -2.38. The Balaban J connectivity index is 1.74. The minimum Gasteiger partial charge on any atom is -0.368 e. The molecule has 5 nitrogen and oxygen atoms in total. The monoisotopic (exact) mass is 436 g/mol. The van der Waals surface area contributed by atoms with E-state index >= 15 is 0 Å². The van der Waals surface area contributed by atoms with Crippen LogP contribution in [0.4, 0.5) is 10.1 Å². The highest BCUT2D eigenvalue weighted by atomic mass is 35.5. The molecule has 0 aliphatic carbocycles. The van der Waals surface area contributed by atoms with Gasteiger partial charge in [-0.05, 0) is 43.3 Å². The van der Waals surface area contributed by atoms with Crippen LogP contribution in [0.25, 0.3) is 5.70 Å². The molecule has 29 heavy (non-hydrogen) atoms. The molecule has 0 N–H and O–H groups in total. The molecule has 1 aliphatic rings. The average molecular weight is 437 g/mol. The number of benzene rings is 2. The second kappa shape index (κ2) is 8.16. The molecule has 0 amide bonds. The van der Waals surface area contributed by atoms with Crippen molar-refractivity contribution in [1.29, 1.82) is 0 Å². The van der Waals surface area contributed by atoms with Crippen LogP contribution in [-0.2, 0) is 9.84 Å². The van der Waals surface area contributed by atoms with Gasteiger partial charge in [0.15, 0.2) is 15.6 Å². The van der Waals surface area contributed by atoms with Gasteiger partial charge in [0.2, 0.25) is 0 Å². The number of rotatable bonds is 5. The fourth-order valence-electron chi connectivity index (χ4n) is 3.33. The molecular weight excluding hydrogens is 415 g/mol. The zero-order valence-corrected chi connectivity index (χ0v) is 17.9. The standard InChI is InChI=1S/C21H22ClFN2O3S/c1-14(18-13-17(29(3,27)28)5-6-19(18)22)24-8-10-25(11-9-24)21-7-4-16(15(2)26)12-20(21)23/h4-7,12-13H,1,8-11H2,2-3H3. The number of hydrogen-bond acceptors (Lipinski definition) is 5. The van der Waals surface area contributed by atoms with Crippen molar-refractivity contribution in [2.75, 3.05) is 37.3 Å². The van der Waals surface area contributed by atoms with E-state index in [1.807, 2.05) is 9.80 Å². The Morgan fingerprint density at radius 3 is 2.31 bits per heavy atom. The molecule has 0 saturated carbocycles. The summed E-state index contributed by atoms with van der Waals surface area (Å²) in [5.74, 6) is -0.598. The Bertz CT molecular complexity index is 1080. The average Bonchev–Trinajstić information content (AvgIpc) is 2.67. The van der Waals surface area contributed by atoms with Gasteiger partial charge in [0.1, 0.15) is 5.82 Å². The molecule has 2 aromatic carbocycles. The number of halogens is 2. The van der Waals surface area contributed by atoms with Gasteiger partial charge >= 0.3 is 0 Å². The molecule has 0 radical (unpaired) electrons. The molecule has 0 bridgehead atoms. The fourth-order valence-corrected chi connectivity index (χ4v) is 4.20. The van der Waals surface area contributed by atoms with E-state index in [4.69, 9.17) is 11.6 Å². The predicted molar refractivity (Wildman–Crippen MR) is 114 cm³/mol. The first-order valence-electron chi connectivity index (χ1n) is 9.07. The Morgan fingerprint density at radius 1 is 1.10 bits per heavy atom. The summed E-state index contributed by atoms with van der Waals surface area (Å²) in [6.07, 6.45) is 1.15. The molecule has 1 fully saturated rings. The summed E-state index contributed by atoms with van der Waals surface area (Å²) in [6.45, 7) is 7.76. The van der Waals surface area contributed by atoms with E-state index in [0.717, 1.165) is 6.26 Å². The molecule has 0 spiro atoms. The van der Waals surface area contributed by atoms with Gasteiger partial charge in [0.25, 0.3) is 0 Å². The zero-order chi connectivity index (χ0) is 21.3. The highest BCUT2D eigenvalue weighted by Crippen LogP contribution is 2.30. The van der Waals surface area contributed by atoms with Crippen LogP contribution in [-0.4, -0.2) is 51.5 Å². The number of carbonyl (C=O) groups excluding carboxylic acids is 1. The number of hydrogen-bond donors (Lipinski definition) is 0. The molecule has 3 rings (SSSR count). The number of piperazine rings is 1. The van der Waals surface area contributed by atoms with Gasteiger partial charge in [-0.3, -0.25) is 4.79 Å². The lowest BCUT2D eigenvalue weighted by atomic mass is 10.1. The van der Waals surface area contributed by atoms with E-state index in [1.165, 1.54) is 25.1 Å². The maximum absolute atomic E-state index is 14.4. The van der Waals surface area contributed by atoms with Gasteiger partial charge in [0, 0.05) is 54.3 Å². The Labute approximate surface area is 175 Å². The molecule has 2 aromatic rings. The van der Waals surface area contributed by atoms with E-state index in [9.17, 15) is 17.6 Å². The van der Waals surface area contributed by atoms with Crippen LogP contribution in [0.5, 0.6) is 0 Å². The summed E-state index contributed by atoms with van der Waals surface area (Å²) in [5.41, 5.74) is 2.00. The summed E-state index contributed by atoms with van der Waals surface area (Å²) >= 11 is 6.28. The molecule has 0 aromatic heterocycles. The molecule has 1 saturated heterocycles. The van der Waals surface area contributed by atoms with Gasteiger partial charge in [0.05, 0.1) is 10.6 Å². The SMILES string of the molecule is C=C(c1cc(S(C)(=O)=O)ccc1Cl)N1CCN(c2ccc(C(C)=O)cc2F)CC1. The molecule has 8 heteroatoms.